The normalized spacial score (nSPS) is 18.1. The lowest BCUT2D eigenvalue weighted by molar-refractivity contribution is -0.384. The maximum atomic E-state index is 13.2. The molecule has 1 atom stereocenters. The molecule has 2 heterocycles. The zero-order valence-electron chi connectivity index (χ0n) is 16.3. The molecule has 0 radical (unpaired) electrons. The molecule has 29 heavy (non-hydrogen) atoms. The van der Waals surface area contributed by atoms with Crippen LogP contribution in [0.4, 0.5) is 17.1 Å². The number of ether oxygens (including phenoxy) is 1. The molecule has 1 fully saturated rings. The van der Waals surface area contributed by atoms with Crippen LogP contribution < -0.4 is 14.5 Å². The van der Waals surface area contributed by atoms with Gasteiger partial charge >= 0.3 is 0 Å². The number of nitro groups is 1. The second kappa shape index (κ2) is 7.20. The lowest BCUT2D eigenvalue weighted by Crippen LogP contribution is -2.36. The van der Waals surface area contributed by atoms with Gasteiger partial charge in [-0.25, -0.2) is 0 Å². The predicted molar refractivity (Wildman–Crippen MR) is 107 cm³/mol. The van der Waals surface area contributed by atoms with Crippen molar-refractivity contribution in [3.63, 3.8) is 0 Å². The number of carbonyl (C=O) groups is 2. The number of hydrogen-bond donors (Lipinski definition) is 0. The number of fused-ring (bicyclic) bond motifs is 1. The minimum atomic E-state index is -0.502. The number of anilines is 2. The zero-order valence-corrected chi connectivity index (χ0v) is 16.3. The van der Waals surface area contributed by atoms with E-state index in [1.165, 1.54) is 12.1 Å². The Morgan fingerprint density at radius 3 is 2.72 bits per heavy atom. The van der Waals surface area contributed by atoms with E-state index >= 15 is 0 Å². The van der Waals surface area contributed by atoms with Crippen molar-refractivity contribution in [2.24, 2.45) is 5.92 Å². The molecular weight excluding hydrogens is 374 g/mol. The molecular formula is C21H21N3O5. The molecule has 8 heteroatoms. The second-order valence-corrected chi connectivity index (χ2v) is 7.39. The van der Waals surface area contributed by atoms with Gasteiger partial charge in [-0.3, -0.25) is 19.7 Å². The van der Waals surface area contributed by atoms with Gasteiger partial charge in [0.05, 0.1) is 29.3 Å². The summed E-state index contributed by atoms with van der Waals surface area (Å²) in [6, 6.07) is 10.2. The van der Waals surface area contributed by atoms with Gasteiger partial charge in [0.1, 0.15) is 5.75 Å². The Balaban J connectivity index is 1.58. The van der Waals surface area contributed by atoms with Gasteiger partial charge in [0, 0.05) is 31.6 Å². The van der Waals surface area contributed by atoms with Gasteiger partial charge in [-0.05, 0) is 36.6 Å². The highest BCUT2D eigenvalue weighted by Gasteiger charge is 2.40. The molecule has 2 aromatic rings. The Morgan fingerprint density at radius 1 is 1.21 bits per heavy atom. The summed E-state index contributed by atoms with van der Waals surface area (Å²) < 4.78 is 5.39. The van der Waals surface area contributed by atoms with Crippen LogP contribution in [0, 0.1) is 23.0 Å². The van der Waals surface area contributed by atoms with Crippen molar-refractivity contribution in [1.29, 1.82) is 0 Å². The fourth-order valence-corrected chi connectivity index (χ4v) is 4.05. The van der Waals surface area contributed by atoms with Gasteiger partial charge in [0.2, 0.25) is 11.8 Å². The number of rotatable bonds is 4. The predicted octanol–water partition coefficient (Wildman–Crippen LogP) is 2.85. The molecule has 0 spiro atoms. The van der Waals surface area contributed by atoms with E-state index in [4.69, 9.17) is 4.74 Å². The van der Waals surface area contributed by atoms with Crippen molar-refractivity contribution < 1.29 is 19.2 Å². The van der Waals surface area contributed by atoms with Crippen molar-refractivity contribution in [2.75, 3.05) is 30.0 Å². The van der Waals surface area contributed by atoms with E-state index in [9.17, 15) is 19.7 Å². The third-order valence-corrected chi connectivity index (χ3v) is 5.54. The van der Waals surface area contributed by atoms with E-state index in [1.807, 2.05) is 25.1 Å². The average Bonchev–Trinajstić information content (AvgIpc) is 3.30. The molecule has 150 valence electrons. The average molecular weight is 395 g/mol. The molecule has 0 N–H and O–H groups in total. The van der Waals surface area contributed by atoms with E-state index in [2.05, 4.69) is 0 Å². The Kier molecular flexibility index (Phi) is 4.70. The van der Waals surface area contributed by atoms with E-state index in [0.29, 0.717) is 30.1 Å². The molecule has 2 aliphatic rings. The molecule has 0 aromatic heterocycles. The largest absolute Gasteiger partial charge is 0.495 e. The minimum Gasteiger partial charge on any atom is -0.495 e. The molecule has 8 nitrogen and oxygen atoms in total. The van der Waals surface area contributed by atoms with Crippen molar-refractivity contribution in [3.8, 4) is 5.75 Å². The fourth-order valence-electron chi connectivity index (χ4n) is 4.05. The molecule has 2 aliphatic heterocycles. The van der Waals surface area contributed by atoms with Gasteiger partial charge in [-0.1, -0.05) is 12.1 Å². The number of nitro benzene ring substituents is 1. The molecule has 0 saturated carbocycles. The van der Waals surface area contributed by atoms with Crippen LogP contribution in [0.1, 0.15) is 17.5 Å². The highest BCUT2D eigenvalue weighted by molar-refractivity contribution is 6.05. The van der Waals surface area contributed by atoms with Crippen molar-refractivity contribution in [1.82, 2.24) is 0 Å². The van der Waals surface area contributed by atoms with E-state index in [-0.39, 0.29) is 30.5 Å². The lowest BCUT2D eigenvalue weighted by Gasteiger charge is -2.22. The molecule has 0 aliphatic carbocycles. The van der Waals surface area contributed by atoms with Crippen molar-refractivity contribution >= 4 is 28.9 Å². The van der Waals surface area contributed by atoms with E-state index < -0.39 is 10.8 Å². The third kappa shape index (κ3) is 3.30. The first-order chi connectivity index (χ1) is 13.9. The van der Waals surface area contributed by atoms with Crippen LogP contribution in [0.3, 0.4) is 0 Å². The molecule has 2 aromatic carbocycles. The number of aryl methyl sites for hydroxylation is 1. The summed E-state index contributed by atoms with van der Waals surface area (Å²) in [5.74, 6) is -0.227. The highest BCUT2D eigenvalue weighted by atomic mass is 16.6. The number of hydrogen-bond acceptors (Lipinski definition) is 5. The number of carbonyl (C=O) groups excluding carboxylic acids is 2. The fraction of sp³-hybridized carbons (Fsp3) is 0.333. The SMILES string of the molecule is COc1ccc(C)cc1N1CC(C(=O)N2CCc3ccc([N+](=O)[O-])cc32)CC1=O. The number of nitrogens with zero attached hydrogens (tertiary/aromatic N) is 3. The van der Waals surface area contributed by atoms with Gasteiger partial charge < -0.3 is 14.5 Å². The van der Waals surface area contributed by atoms with Crippen LogP contribution in [-0.2, 0) is 16.0 Å². The molecule has 1 unspecified atom stereocenters. The summed E-state index contributed by atoms with van der Waals surface area (Å²) in [5, 5.41) is 11.1. The van der Waals surface area contributed by atoms with Crippen molar-refractivity contribution in [3.05, 3.63) is 57.6 Å². The Labute approximate surface area is 167 Å². The summed E-state index contributed by atoms with van der Waals surface area (Å²) >= 11 is 0. The molecule has 1 saturated heterocycles. The van der Waals surface area contributed by atoms with Crippen molar-refractivity contribution in [2.45, 2.75) is 19.8 Å². The Morgan fingerprint density at radius 2 is 2.00 bits per heavy atom. The van der Waals surface area contributed by atoms with Crippen LogP contribution in [0.2, 0.25) is 0 Å². The standard InChI is InChI=1S/C21H21N3O5/c1-13-3-6-19(29-2)18(9-13)23-12-15(10-20(23)25)21(26)22-8-7-14-4-5-16(24(27)28)11-17(14)22/h3-6,9,11,15H,7-8,10,12H2,1-2H3. The Hall–Kier alpha value is -3.42. The van der Waals surface area contributed by atoms with Gasteiger partial charge in [-0.2, -0.15) is 0 Å². The highest BCUT2D eigenvalue weighted by Crippen LogP contribution is 2.37. The molecule has 4 rings (SSSR count). The van der Waals surface area contributed by atoms with Crippen LogP contribution in [0.15, 0.2) is 36.4 Å². The minimum absolute atomic E-state index is 0.0444. The quantitative estimate of drug-likeness (QED) is 0.586. The van der Waals surface area contributed by atoms with Crippen LogP contribution >= 0.6 is 0 Å². The van der Waals surface area contributed by atoms with E-state index in [1.54, 1.807) is 23.0 Å². The number of non-ortho nitro benzene ring substituents is 1. The third-order valence-electron chi connectivity index (χ3n) is 5.54. The summed E-state index contributed by atoms with van der Waals surface area (Å²) in [6.07, 6.45) is 0.756. The maximum Gasteiger partial charge on any atom is 0.271 e. The Bertz CT molecular complexity index is 1020. The first-order valence-electron chi connectivity index (χ1n) is 9.42. The lowest BCUT2D eigenvalue weighted by atomic mass is 10.1. The topological polar surface area (TPSA) is 93.0 Å². The molecule has 2 amide bonds. The number of methoxy groups -OCH3 is 1. The summed E-state index contributed by atoms with van der Waals surface area (Å²) in [7, 11) is 1.55. The first kappa shape index (κ1) is 18.9. The first-order valence-corrected chi connectivity index (χ1v) is 9.42. The van der Waals surface area contributed by atoms with Gasteiger partial charge in [-0.15, -0.1) is 0 Å². The summed E-state index contributed by atoms with van der Waals surface area (Å²) in [4.78, 5) is 39.7. The van der Waals surface area contributed by atoms with Crippen LogP contribution in [0.5, 0.6) is 5.75 Å². The molecule has 0 bridgehead atoms. The van der Waals surface area contributed by atoms with E-state index in [0.717, 1.165) is 11.1 Å². The summed E-state index contributed by atoms with van der Waals surface area (Å²) in [5.41, 5.74) is 3.08. The van der Waals surface area contributed by atoms with Gasteiger partial charge in [0.15, 0.2) is 0 Å². The smallest absolute Gasteiger partial charge is 0.271 e. The number of amides is 2. The van der Waals surface area contributed by atoms with Gasteiger partial charge in [0.25, 0.3) is 5.69 Å². The second-order valence-electron chi connectivity index (χ2n) is 7.39. The van der Waals surface area contributed by atoms with Crippen LogP contribution in [0.25, 0.3) is 0 Å². The zero-order chi connectivity index (χ0) is 20.7. The maximum absolute atomic E-state index is 13.2. The number of benzene rings is 2. The van der Waals surface area contributed by atoms with Crippen LogP contribution in [-0.4, -0.2) is 36.9 Å². The monoisotopic (exact) mass is 395 g/mol. The summed E-state index contributed by atoms with van der Waals surface area (Å²) in [6.45, 7) is 2.66.